The van der Waals surface area contributed by atoms with Crippen LogP contribution in [0.5, 0.6) is 0 Å². The number of aryl methyl sites for hydroxylation is 1. The van der Waals surface area contributed by atoms with Gasteiger partial charge in [-0.15, -0.1) is 0 Å². The van der Waals surface area contributed by atoms with Crippen LogP contribution in [-0.2, 0) is 13.6 Å². The fourth-order valence-corrected chi connectivity index (χ4v) is 3.46. The van der Waals surface area contributed by atoms with Crippen LogP contribution in [0, 0.1) is 5.92 Å². The molecule has 0 radical (unpaired) electrons. The van der Waals surface area contributed by atoms with Crippen molar-refractivity contribution < 1.29 is 0 Å². The lowest BCUT2D eigenvalue weighted by Crippen LogP contribution is -2.46. The molecule has 20 heavy (non-hydrogen) atoms. The summed E-state index contributed by atoms with van der Waals surface area (Å²) in [6.07, 6.45) is 3.51. The molecule has 0 saturated carbocycles. The Morgan fingerprint density at radius 1 is 1.25 bits per heavy atom. The fourth-order valence-electron chi connectivity index (χ4n) is 3.46. The molecule has 0 spiro atoms. The molecule has 2 unspecified atom stereocenters. The van der Waals surface area contributed by atoms with Gasteiger partial charge in [0.25, 0.3) is 0 Å². The van der Waals surface area contributed by atoms with Gasteiger partial charge in [-0.05, 0) is 37.6 Å². The molecule has 0 amide bonds. The Balaban J connectivity index is 1.71. The van der Waals surface area contributed by atoms with Crippen LogP contribution in [0.2, 0.25) is 0 Å². The van der Waals surface area contributed by atoms with E-state index in [4.69, 9.17) is 0 Å². The van der Waals surface area contributed by atoms with Gasteiger partial charge < -0.3 is 14.8 Å². The first-order chi connectivity index (χ1) is 9.65. The van der Waals surface area contributed by atoms with Crippen molar-refractivity contribution in [1.29, 1.82) is 0 Å². The maximum Gasteiger partial charge on any atom is 0.0481 e. The number of rotatable bonds is 3. The van der Waals surface area contributed by atoms with Crippen molar-refractivity contribution in [2.75, 3.05) is 20.1 Å². The average Bonchev–Trinajstić information content (AvgIpc) is 2.75. The van der Waals surface area contributed by atoms with E-state index >= 15 is 0 Å². The Labute approximate surface area is 121 Å². The number of benzene rings is 1. The van der Waals surface area contributed by atoms with E-state index in [-0.39, 0.29) is 0 Å². The second-order valence-corrected chi connectivity index (χ2v) is 6.30. The molecule has 1 aromatic carbocycles. The number of aromatic nitrogens is 1. The molecule has 1 fully saturated rings. The third-order valence-corrected chi connectivity index (χ3v) is 4.64. The van der Waals surface area contributed by atoms with Crippen molar-refractivity contribution >= 4 is 10.9 Å². The molecule has 3 heteroatoms. The van der Waals surface area contributed by atoms with Gasteiger partial charge in [0.05, 0.1) is 0 Å². The number of piperidine rings is 1. The summed E-state index contributed by atoms with van der Waals surface area (Å²) in [5.41, 5.74) is 2.73. The van der Waals surface area contributed by atoms with Crippen LogP contribution in [0.15, 0.2) is 30.5 Å². The molecule has 2 aromatic rings. The molecule has 2 atom stereocenters. The highest BCUT2D eigenvalue weighted by molar-refractivity contribution is 5.83. The van der Waals surface area contributed by atoms with Crippen LogP contribution in [0.25, 0.3) is 10.9 Å². The first-order valence-electron chi connectivity index (χ1n) is 7.60. The van der Waals surface area contributed by atoms with E-state index in [1.807, 2.05) is 0 Å². The molecule has 1 aliphatic rings. The second-order valence-electron chi connectivity index (χ2n) is 6.30. The molecule has 3 rings (SSSR count). The second kappa shape index (κ2) is 5.58. The lowest BCUT2D eigenvalue weighted by atomic mass is 9.94. The third-order valence-electron chi connectivity index (χ3n) is 4.64. The topological polar surface area (TPSA) is 20.2 Å². The van der Waals surface area contributed by atoms with Gasteiger partial charge in [0.15, 0.2) is 0 Å². The minimum Gasteiger partial charge on any atom is -0.350 e. The van der Waals surface area contributed by atoms with E-state index in [2.05, 4.69) is 66.3 Å². The maximum absolute atomic E-state index is 3.77. The number of nitrogens with one attached hydrogen (secondary N) is 1. The van der Waals surface area contributed by atoms with Gasteiger partial charge in [0.2, 0.25) is 0 Å². The zero-order valence-electron chi connectivity index (χ0n) is 12.8. The summed E-state index contributed by atoms with van der Waals surface area (Å²) in [4.78, 5) is 2.43. The van der Waals surface area contributed by atoms with Crippen LogP contribution in [-0.4, -0.2) is 35.6 Å². The molecule has 1 aromatic heterocycles. The number of hydrogen-bond acceptors (Lipinski definition) is 2. The van der Waals surface area contributed by atoms with Crippen molar-refractivity contribution in [2.45, 2.75) is 25.9 Å². The van der Waals surface area contributed by atoms with Crippen LogP contribution in [0.4, 0.5) is 0 Å². The molecular weight excluding hydrogens is 246 g/mol. The lowest BCUT2D eigenvalue weighted by Gasteiger charge is -2.35. The third kappa shape index (κ3) is 2.60. The monoisotopic (exact) mass is 271 g/mol. The van der Waals surface area contributed by atoms with Gasteiger partial charge >= 0.3 is 0 Å². The highest BCUT2D eigenvalue weighted by Gasteiger charge is 2.23. The highest BCUT2D eigenvalue weighted by atomic mass is 15.1. The molecule has 0 bridgehead atoms. The summed E-state index contributed by atoms with van der Waals surface area (Å²) < 4.78 is 2.23. The smallest absolute Gasteiger partial charge is 0.0481 e. The van der Waals surface area contributed by atoms with Crippen molar-refractivity contribution in [3.63, 3.8) is 0 Å². The van der Waals surface area contributed by atoms with Crippen LogP contribution in [0.3, 0.4) is 0 Å². The Morgan fingerprint density at radius 3 is 2.85 bits per heavy atom. The van der Waals surface area contributed by atoms with E-state index < -0.39 is 0 Å². The van der Waals surface area contributed by atoms with Gasteiger partial charge in [-0.3, -0.25) is 0 Å². The SMILES string of the molecule is CC1CN(C)CCC1NCc1cn(C)c2ccccc12. The molecule has 1 aliphatic heterocycles. The summed E-state index contributed by atoms with van der Waals surface area (Å²) in [6.45, 7) is 5.74. The number of nitrogens with zero attached hydrogens (tertiary/aromatic N) is 2. The van der Waals surface area contributed by atoms with Gasteiger partial charge in [0.1, 0.15) is 0 Å². The Morgan fingerprint density at radius 2 is 2.05 bits per heavy atom. The van der Waals surface area contributed by atoms with Crippen LogP contribution < -0.4 is 5.32 Å². The zero-order valence-corrected chi connectivity index (χ0v) is 12.8. The van der Waals surface area contributed by atoms with Gasteiger partial charge in [0, 0.05) is 43.3 Å². The van der Waals surface area contributed by atoms with E-state index in [1.165, 1.54) is 36.0 Å². The first kappa shape index (κ1) is 13.7. The number of hydrogen-bond donors (Lipinski definition) is 1. The largest absolute Gasteiger partial charge is 0.350 e. The summed E-state index contributed by atoms with van der Waals surface area (Å²) in [7, 11) is 4.35. The number of likely N-dealkylation sites (tertiary alicyclic amines) is 1. The summed E-state index contributed by atoms with van der Waals surface area (Å²) in [5, 5.41) is 5.15. The normalized spacial score (nSPS) is 24.4. The Bertz CT molecular complexity index is 587. The Hall–Kier alpha value is -1.32. The summed E-state index contributed by atoms with van der Waals surface area (Å²) >= 11 is 0. The first-order valence-corrected chi connectivity index (χ1v) is 7.60. The summed E-state index contributed by atoms with van der Waals surface area (Å²) in [6, 6.07) is 9.30. The van der Waals surface area contributed by atoms with Crippen LogP contribution in [0.1, 0.15) is 18.9 Å². The minimum atomic E-state index is 0.644. The van der Waals surface area contributed by atoms with Gasteiger partial charge in [-0.2, -0.15) is 0 Å². The Kier molecular flexibility index (Phi) is 3.81. The molecule has 1 N–H and O–H groups in total. The van der Waals surface area contributed by atoms with Crippen molar-refractivity contribution in [3.05, 3.63) is 36.0 Å². The summed E-state index contributed by atoms with van der Waals surface area (Å²) in [5.74, 6) is 0.726. The quantitative estimate of drug-likeness (QED) is 0.926. The maximum atomic E-state index is 3.77. The molecule has 0 aliphatic carbocycles. The fraction of sp³-hybridized carbons (Fsp3) is 0.529. The van der Waals surface area contributed by atoms with E-state index in [0.717, 1.165) is 12.5 Å². The molecule has 108 valence electrons. The van der Waals surface area contributed by atoms with E-state index in [1.54, 1.807) is 0 Å². The van der Waals surface area contributed by atoms with Crippen molar-refractivity contribution in [2.24, 2.45) is 13.0 Å². The molecule has 2 heterocycles. The van der Waals surface area contributed by atoms with E-state index in [9.17, 15) is 0 Å². The lowest BCUT2D eigenvalue weighted by molar-refractivity contribution is 0.174. The van der Waals surface area contributed by atoms with Crippen LogP contribution >= 0.6 is 0 Å². The predicted octanol–water partition coefficient (Wildman–Crippen LogP) is 2.61. The van der Waals surface area contributed by atoms with E-state index in [0.29, 0.717) is 6.04 Å². The number of fused-ring (bicyclic) bond motifs is 1. The molecule has 1 saturated heterocycles. The van der Waals surface area contributed by atoms with Gasteiger partial charge in [-0.25, -0.2) is 0 Å². The predicted molar refractivity (Wildman–Crippen MR) is 84.8 cm³/mol. The minimum absolute atomic E-state index is 0.644. The zero-order chi connectivity index (χ0) is 14.1. The highest BCUT2D eigenvalue weighted by Crippen LogP contribution is 2.21. The van der Waals surface area contributed by atoms with Crippen molar-refractivity contribution in [3.8, 4) is 0 Å². The van der Waals surface area contributed by atoms with Gasteiger partial charge in [-0.1, -0.05) is 25.1 Å². The number of para-hydroxylation sites is 1. The molecule has 3 nitrogen and oxygen atoms in total. The van der Waals surface area contributed by atoms with Crippen molar-refractivity contribution in [1.82, 2.24) is 14.8 Å². The average molecular weight is 271 g/mol. The molecular formula is C17H25N3. The standard InChI is InChI=1S/C17H25N3/c1-13-11-19(2)9-8-16(13)18-10-14-12-20(3)17-7-5-4-6-15(14)17/h4-7,12-13,16,18H,8-11H2,1-3H3.